The van der Waals surface area contributed by atoms with Crippen molar-refractivity contribution in [1.82, 2.24) is 9.97 Å². The maximum absolute atomic E-state index is 3.54. The standard InChI is InChI=1S/C7H9.C3H3N2.Ru/c1-2-7-5-3-4-6-7;1-2-5-3-4-1;/h3,5H,2,4H2,1H3;1-2H,(H,4,5);/q2*-1;+2. The maximum atomic E-state index is 3.54. The van der Waals surface area contributed by atoms with Crippen LogP contribution in [0.15, 0.2) is 30.1 Å². The molecule has 1 heterocycles. The Morgan fingerprint density at radius 3 is 2.69 bits per heavy atom. The Balaban J connectivity index is 0.000000215. The van der Waals surface area contributed by atoms with E-state index in [4.69, 9.17) is 0 Å². The Morgan fingerprint density at radius 1 is 1.62 bits per heavy atom. The van der Waals surface area contributed by atoms with Gasteiger partial charge < -0.3 is 9.97 Å². The molecule has 1 N–H and O–H groups in total. The average Bonchev–Trinajstić information content (AvgIpc) is 2.81. The molecule has 2 rings (SSSR count). The predicted octanol–water partition coefficient (Wildman–Crippen LogP) is 2.29. The van der Waals surface area contributed by atoms with Crippen LogP contribution in [0.1, 0.15) is 19.8 Å². The molecule has 1 aromatic heterocycles. The Hall–Kier alpha value is -0.687. The Labute approximate surface area is 91.9 Å². The largest absolute Gasteiger partial charge is 2.00 e. The van der Waals surface area contributed by atoms with Crippen molar-refractivity contribution in [3.05, 3.63) is 42.5 Å². The summed E-state index contributed by atoms with van der Waals surface area (Å²) in [6, 6.07) is 0. The van der Waals surface area contributed by atoms with Gasteiger partial charge in [0.05, 0.1) is 0 Å². The van der Waals surface area contributed by atoms with E-state index in [9.17, 15) is 0 Å². The first-order chi connectivity index (χ1) is 5.93. The van der Waals surface area contributed by atoms with Gasteiger partial charge in [-0.15, -0.1) is 18.8 Å². The number of nitrogens with zero attached hydrogens (tertiary/aromatic N) is 1. The van der Waals surface area contributed by atoms with Crippen LogP contribution in [0.3, 0.4) is 0 Å². The number of rotatable bonds is 1. The summed E-state index contributed by atoms with van der Waals surface area (Å²) in [7, 11) is 0. The van der Waals surface area contributed by atoms with Gasteiger partial charge in [0.25, 0.3) is 0 Å². The maximum Gasteiger partial charge on any atom is 2.00 e. The van der Waals surface area contributed by atoms with E-state index >= 15 is 0 Å². The third-order valence-corrected chi connectivity index (χ3v) is 1.51. The van der Waals surface area contributed by atoms with E-state index < -0.39 is 0 Å². The van der Waals surface area contributed by atoms with E-state index in [0.29, 0.717) is 0 Å². The molecular formula is C10H12N2Ru. The van der Waals surface area contributed by atoms with Crippen LogP contribution >= 0.6 is 0 Å². The fourth-order valence-electron chi connectivity index (χ4n) is 0.879. The second kappa shape index (κ2) is 7.94. The summed E-state index contributed by atoms with van der Waals surface area (Å²) in [5, 5.41) is 0. The number of imidazole rings is 1. The fourth-order valence-corrected chi connectivity index (χ4v) is 0.879. The summed E-state index contributed by atoms with van der Waals surface area (Å²) < 4.78 is 0. The average molecular weight is 261 g/mol. The molecule has 2 nitrogen and oxygen atoms in total. The molecule has 0 unspecified atom stereocenters. The summed E-state index contributed by atoms with van der Waals surface area (Å²) >= 11 is 0. The molecule has 0 fully saturated rings. The van der Waals surface area contributed by atoms with E-state index in [1.165, 1.54) is 5.57 Å². The second-order valence-corrected chi connectivity index (χ2v) is 2.36. The number of aromatic nitrogens is 2. The van der Waals surface area contributed by atoms with Gasteiger partial charge in [0.15, 0.2) is 0 Å². The molecular weight excluding hydrogens is 249 g/mol. The molecule has 0 saturated heterocycles. The van der Waals surface area contributed by atoms with Crippen molar-refractivity contribution < 1.29 is 19.5 Å². The van der Waals surface area contributed by atoms with Crippen LogP contribution in [0.2, 0.25) is 0 Å². The van der Waals surface area contributed by atoms with Crippen LogP contribution in [0.5, 0.6) is 0 Å². The summed E-state index contributed by atoms with van der Waals surface area (Å²) in [6.45, 7) is 2.15. The molecule has 0 spiro atoms. The van der Waals surface area contributed by atoms with E-state index in [0.717, 1.165) is 12.8 Å². The minimum atomic E-state index is 0. The first kappa shape index (κ1) is 12.3. The van der Waals surface area contributed by atoms with Crippen molar-refractivity contribution in [1.29, 1.82) is 0 Å². The third-order valence-electron chi connectivity index (χ3n) is 1.51. The molecule has 0 amide bonds. The van der Waals surface area contributed by atoms with Crippen LogP contribution in [0, 0.1) is 12.4 Å². The van der Waals surface area contributed by atoms with Gasteiger partial charge in [-0.2, -0.15) is 6.08 Å². The molecule has 70 valence electrons. The number of allylic oxidation sites excluding steroid dienone is 4. The number of hydrogen-bond donors (Lipinski definition) is 1. The van der Waals surface area contributed by atoms with Gasteiger partial charge in [0, 0.05) is 0 Å². The van der Waals surface area contributed by atoms with Crippen molar-refractivity contribution >= 4 is 0 Å². The number of hydrogen-bond acceptors (Lipinski definition) is 1. The molecule has 1 aromatic rings. The van der Waals surface area contributed by atoms with Gasteiger partial charge in [-0.3, -0.25) is 6.08 Å². The monoisotopic (exact) mass is 262 g/mol. The van der Waals surface area contributed by atoms with Crippen molar-refractivity contribution in [3.8, 4) is 0 Å². The number of H-pyrrole nitrogens is 1. The van der Waals surface area contributed by atoms with E-state index in [1.54, 1.807) is 12.4 Å². The molecule has 0 aromatic carbocycles. The Kier molecular flexibility index (Phi) is 7.52. The molecule has 3 heteroatoms. The van der Waals surface area contributed by atoms with Crippen molar-refractivity contribution in [2.75, 3.05) is 0 Å². The van der Waals surface area contributed by atoms with Gasteiger partial charge in [0.1, 0.15) is 0 Å². The minimum Gasteiger partial charge on any atom is -0.467 e. The second-order valence-electron chi connectivity index (χ2n) is 2.36. The molecule has 0 aliphatic heterocycles. The number of nitrogens with one attached hydrogen (secondary N) is 1. The topological polar surface area (TPSA) is 28.7 Å². The molecule has 0 saturated carbocycles. The zero-order valence-electron chi connectivity index (χ0n) is 7.52. The predicted molar refractivity (Wildman–Crippen MR) is 48.2 cm³/mol. The van der Waals surface area contributed by atoms with Gasteiger partial charge in [-0.05, 0) is 6.33 Å². The molecule has 1 aliphatic carbocycles. The smallest absolute Gasteiger partial charge is 0.467 e. The van der Waals surface area contributed by atoms with Crippen molar-refractivity contribution in [2.45, 2.75) is 19.8 Å². The van der Waals surface area contributed by atoms with E-state index in [-0.39, 0.29) is 19.5 Å². The zero-order valence-corrected chi connectivity index (χ0v) is 9.26. The zero-order chi connectivity index (χ0) is 8.65. The van der Waals surface area contributed by atoms with Crippen LogP contribution in [0.4, 0.5) is 0 Å². The van der Waals surface area contributed by atoms with Crippen molar-refractivity contribution in [2.24, 2.45) is 0 Å². The molecule has 0 atom stereocenters. The molecule has 1 aliphatic rings. The molecule has 0 bridgehead atoms. The Morgan fingerprint density at radius 2 is 2.46 bits per heavy atom. The minimum absolute atomic E-state index is 0. The van der Waals surface area contributed by atoms with Crippen LogP contribution in [0.25, 0.3) is 0 Å². The first-order valence-electron chi connectivity index (χ1n) is 4.05. The normalized spacial score (nSPS) is 12.5. The van der Waals surface area contributed by atoms with Gasteiger partial charge in [-0.1, -0.05) is 13.3 Å². The summed E-state index contributed by atoms with van der Waals surface area (Å²) in [5.74, 6) is 0. The van der Waals surface area contributed by atoms with E-state index in [1.807, 2.05) is 0 Å². The van der Waals surface area contributed by atoms with Crippen LogP contribution in [-0.4, -0.2) is 9.97 Å². The first-order valence-corrected chi connectivity index (χ1v) is 4.05. The molecule has 0 radical (unpaired) electrons. The quantitative estimate of drug-likeness (QED) is 0.610. The van der Waals surface area contributed by atoms with Crippen LogP contribution in [-0.2, 0) is 19.5 Å². The molecule has 13 heavy (non-hydrogen) atoms. The summed E-state index contributed by atoms with van der Waals surface area (Å²) in [4.78, 5) is 6.17. The SMILES string of the molecule is CCC1=[C-]CC=C1.[Ru+2].[c-]1ncc[nH]1. The summed E-state index contributed by atoms with van der Waals surface area (Å²) in [6.07, 6.45) is 15.5. The Bertz CT molecular complexity index is 233. The fraction of sp³-hybridized carbons (Fsp3) is 0.300. The van der Waals surface area contributed by atoms with E-state index in [2.05, 4.69) is 41.4 Å². The van der Waals surface area contributed by atoms with Gasteiger partial charge in [-0.25, -0.2) is 11.6 Å². The third kappa shape index (κ3) is 5.54. The summed E-state index contributed by atoms with van der Waals surface area (Å²) in [5.41, 5.74) is 1.36. The van der Waals surface area contributed by atoms with Gasteiger partial charge in [0.2, 0.25) is 0 Å². The number of aromatic amines is 1. The van der Waals surface area contributed by atoms with Gasteiger partial charge >= 0.3 is 19.5 Å². The van der Waals surface area contributed by atoms with Crippen molar-refractivity contribution in [3.63, 3.8) is 0 Å². The van der Waals surface area contributed by atoms with Crippen LogP contribution < -0.4 is 0 Å².